The number of benzene rings is 1. The van der Waals surface area contributed by atoms with Crippen LogP contribution >= 0.6 is 0 Å². The Kier molecular flexibility index (Phi) is 1.67. The Morgan fingerprint density at radius 2 is 2.00 bits per heavy atom. The van der Waals surface area contributed by atoms with Gasteiger partial charge in [0.15, 0.2) is 0 Å². The molecule has 0 heterocycles. The molecule has 0 amide bonds. The Morgan fingerprint density at radius 1 is 1.33 bits per heavy atom. The molecule has 0 aliphatic heterocycles. The van der Waals surface area contributed by atoms with E-state index in [2.05, 4.69) is 0 Å². The van der Waals surface area contributed by atoms with E-state index in [1.807, 2.05) is 30.3 Å². The Hall–Kier alpha value is -0.850. The minimum atomic E-state index is -0.957. The van der Waals surface area contributed by atoms with Crippen molar-refractivity contribution in [1.82, 2.24) is 0 Å². The van der Waals surface area contributed by atoms with Crippen molar-refractivity contribution in [2.45, 2.75) is 31.4 Å². The molecule has 0 aromatic heterocycles. The average Bonchev–Trinajstić information content (AvgIpc) is 2.05. The fourth-order valence-electron chi connectivity index (χ4n) is 1.89. The molecule has 1 aromatic carbocycles. The quantitative estimate of drug-likeness (QED) is 0.597. The molecule has 1 aliphatic rings. The summed E-state index contributed by atoms with van der Waals surface area (Å²) in [6.07, 6.45) is 1.71. The Balaban J connectivity index is 2.22. The largest absolute Gasteiger partial charge is 0.244 e. The molecule has 0 nitrogen and oxygen atoms in total. The molecular weight excluding hydrogens is 151 g/mol. The van der Waals surface area contributed by atoms with Gasteiger partial charge in [-0.2, -0.15) is 0 Å². The maximum absolute atomic E-state index is 13.6. The highest BCUT2D eigenvalue weighted by Gasteiger charge is 2.43. The first-order valence-corrected chi connectivity index (χ1v) is 4.44. The Labute approximate surface area is 72.4 Å². The van der Waals surface area contributed by atoms with Crippen molar-refractivity contribution < 1.29 is 4.39 Å². The van der Waals surface area contributed by atoms with Crippen LogP contribution in [-0.4, -0.2) is 5.67 Å². The van der Waals surface area contributed by atoms with Gasteiger partial charge in [0, 0.05) is 5.92 Å². The molecule has 2 rings (SSSR count). The van der Waals surface area contributed by atoms with E-state index in [0.717, 1.165) is 12.0 Å². The molecule has 12 heavy (non-hydrogen) atoms. The summed E-state index contributed by atoms with van der Waals surface area (Å²) in [5, 5.41) is 0. The summed E-state index contributed by atoms with van der Waals surface area (Å²) in [6.45, 7) is 1.70. The smallest absolute Gasteiger partial charge is 0.115 e. The van der Waals surface area contributed by atoms with Crippen molar-refractivity contribution in [2.75, 3.05) is 0 Å². The standard InChI is InChI=1S/C11H13F/c1-11(12)8-7-10(11)9-5-3-2-4-6-9/h2-6,10H,7-8H2,1H3/t10-,11+/m1/s1. The lowest BCUT2D eigenvalue weighted by Gasteiger charge is -2.40. The Morgan fingerprint density at radius 3 is 2.42 bits per heavy atom. The number of rotatable bonds is 1. The zero-order valence-electron chi connectivity index (χ0n) is 7.26. The Bertz CT molecular complexity index is 264. The van der Waals surface area contributed by atoms with E-state index in [4.69, 9.17) is 0 Å². The van der Waals surface area contributed by atoms with Crippen LogP contribution in [0.3, 0.4) is 0 Å². The predicted octanol–water partition coefficient (Wildman–Crippen LogP) is 3.29. The van der Waals surface area contributed by atoms with Gasteiger partial charge >= 0.3 is 0 Å². The molecule has 0 bridgehead atoms. The summed E-state index contributed by atoms with van der Waals surface area (Å²) in [5.74, 6) is 0.138. The molecule has 2 atom stereocenters. The number of alkyl halides is 1. The first-order chi connectivity index (χ1) is 5.70. The number of hydrogen-bond acceptors (Lipinski definition) is 0. The van der Waals surface area contributed by atoms with Crippen molar-refractivity contribution in [2.24, 2.45) is 0 Å². The van der Waals surface area contributed by atoms with Gasteiger partial charge in [0.2, 0.25) is 0 Å². The zero-order chi connectivity index (χ0) is 8.60. The van der Waals surface area contributed by atoms with E-state index in [1.165, 1.54) is 0 Å². The molecule has 0 N–H and O–H groups in total. The average molecular weight is 164 g/mol. The monoisotopic (exact) mass is 164 g/mol. The van der Waals surface area contributed by atoms with E-state index in [1.54, 1.807) is 6.92 Å². The molecule has 1 fully saturated rings. The van der Waals surface area contributed by atoms with Gasteiger partial charge < -0.3 is 0 Å². The highest BCUT2D eigenvalue weighted by molar-refractivity contribution is 5.25. The summed E-state index contributed by atoms with van der Waals surface area (Å²) < 4.78 is 13.6. The fraction of sp³-hybridized carbons (Fsp3) is 0.455. The van der Waals surface area contributed by atoms with E-state index < -0.39 is 5.67 Å². The second-order valence-electron chi connectivity index (χ2n) is 3.78. The molecule has 1 saturated carbocycles. The molecule has 0 radical (unpaired) electrons. The van der Waals surface area contributed by atoms with Crippen molar-refractivity contribution >= 4 is 0 Å². The molecule has 1 aromatic rings. The molecule has 1 heteroatoms. The van der Waals surface area contributed by atoms with Gasteiger partial charge in [-0.25, -0.2) is 4.39 Å². The van der Waals surface area contributed by atoms with Crippen LogP contribution in [0.4, 0.5) is 4.39 Å². The summed E-state index contributed by atoms with van der Waals surface area (Å²) in [7, 11) is 0. The van der Waals surface area contributed by atoms with Gasteiger partial charge in [-0.1, -0.05) is 30.3 Å². The van der Waals surface area contributed by atoms with Crippen LogP contribution < -0.4 is 0 Å². The lowest BCUT2D eigenvalue weighted by Crippen LogP contribution is -2.37. The van der Waals surface area contributed by atoms with E-state index in [0.29, 0.717) is 6.42 Å². The second-order valence-corrected chi connectivity index (χ2v) is 3.78. The third kappa shape index (κ3) is 1.13. The van der Waals surface area contributed by atoms with Crippen molar-refractivity contribution in [3.63, 3.8) is 0 Å². The van der Waals surface area contributed by atoms with Crippen molar-refractivity contribution in [3.05, 3.63) is 35.9 Å². The van der Waals surface area contributed by atoms with Crippen LogP contribution in [0.15, 0.2) is 30.3 Å². The van der Waals surface area contributed by atoms with Crippen LogP contribution in [0.5, 0.6) is 0 Å². The van der Waals surface area contributed by atoms with Gasteiger partial charge in [-0.3, -0.25) is 0 Å². The first-order valence-electron chi connectivity index (χ1n) is 4.44. The highest BCUT2D eigenvalue weighted by atomic mass is 19.1. The van der Waals surface area contributed by atoms with Gasteiger partial charge in [-0.05, 0) is 25.3 Å². The maximum atomic E-state index is 13.6. The molecule has 1 aliphatic carbocycles. The molecule has 0 unspecified atom stereocenters. The van der Waals surface area contributed by atoms with Crippen LogP contribution in [0, 0.1) is 0 Å². The highest BCUT2D eigenvalue weighted by Crippen LogP contribution is 2.48. The van der Waals surface area contributed by atoms with Crippen LogP contribution in [-0.2, 0) is 0 Å². The van der Waals surface area contributed by atoms with Gasteiger partial charge in [0.05, 0.1) is 0 Å². The van der Waals surface area contributed by atoms with Crippen LogP contribution in [0.1, 0.15) is 31.2 Å². The minimum absolute atomic E-state index is 0.138. The maximum Gasteiger partial charge on any atom is 0.115 e. The van der Waals surface area contributed by atoms with Crippen LogP contribution in [0.25, 0.3) is 0 Å². The molecule has 64 valence electrons. The minimum Gasteiger partial charge on any atom is -0.244 e. The van der Waals surface area contributed by atoms with E-state index >= 15 is 0 Å². The lowest BCUT2D eigenvalue weighted by atomic mass is 9.69. The summed E-state index contributed by atoms with van der Waals surface area (Å²) in [4.78, 5) is 0. The van der Waals surface area contributed by atoms with Gasteiger partial charge in [0.25, 0.3) is 0 Å². The molecule has 0 saturated heterocycles. The van der Waals surface area contributed by atoms with E-state index in [9.17, 15) is 4.39 Å². The third-order valence-corrected chi connectivity index (χ3v) is 2.85. The van der Waals surface area contributed by atoms with Gasteiger partial charge in [0.1, 0.15) is 5.67 Å². The normalized spacial score (nSPS) is 34.3. The summed E-state index contributed by atoms with van der Waals surface area (Å²) in [6, 6.07) is 9.95. The fourth-order valence-corrected chi connectivity index (χ4v) is 1.89. The first kappa shape index (κ1) is 7.78. The van der Waals surface area contributed by atoms with E-state index in [-0.39, 0.29) is 5.92 Å². The topological polar surface area (TPSA) is 0 Å². The summed E-state index contributed by atoms with van der Waals surface area (Å²) >= 11 is 0. The SMILES string of the molecule is C[C@]1(F)CC[C@@H]1c1ccccc1. The summed E-state index contributed by atoms with van der Waals surface area (Å²) in [5.41, 5.74) is 0.190. The van der Waals surface area contributed by atoms with Crippen molar-refractivity contribution in [1.29, 1.82) is 0 Å². The third-order valence-electron chi connectivity index (χ3n) is 2.85. The number of halogens is 1. The van der Waals surface area contributed by atoms with Gasteiger partial charge in [-0.15, -0.1) is 0 Å². The second kappa shape index (κ2) is 2.58. The van der Waals surface area contributed by atoms with Crippen LogP contribution in [0.2, 0.25) is 0 Å². The lowest BCUT2D eigenvalue weighted by molar-refractivity contribution is 0.0513. The molecule has 0 spiro atoms. The van der Waals surface area contributed by atoms with Crippen molar-refractivity contribution in [3.8, 4) is 0 Å². The molecular formula is C11H13F. The predicted molar refractivity (Wildman–Crippen MR) is 47.9 cm³/mol. The number of hydrogen-bond donors (Lipinski definition) is 0. The zero-order valence-corrected chi connectivity index (χ0v) is 7.26.